The summed E-state index contributed by atoms with van der Waals surface area (Å²) in [6.45, 7) is 15.2. The molecular weight excluding hydrogens is 244 g/mol. The minimum Gasteiger partial charge on any atom is -0.407 e. The Morgan fingerprint density at radius 1 is 1.39 bits per heavy atom. The Labute approximate surface area is 112 Å². The normalized spacial score (nSPS) is 32.3. The van der Waals surface area contributed by atoms with E-state index in [0.29, 0.717) is 6.61 Å². The van der Waals surface area contributed by atoms with E-state index in [2.05, 4.69) is 39.8 Å². The van der Waals surface area contributed by atoms with Gasteiger partial charge in [-0.25, -0.2) is 0 Å². The lowest BCUT2D eigenvalue weighted by molar-refractivity contribution is -0.167. The van der Waals surface area contributed by atoms with Gasteiger partial charge in [0.1, 0.15) is 6.10 Å². The van der Waals surface area contributed by atoms with Crippen LogP contribution in [0.5, 0.6) is 0 Å². The summed E-state index contributed by atoms with van der Waals surface area (Å²) in [6, 6.07) is 0. The van der Waals surface area contributed by atoms with E-state index in [1.54, 1.807) is 0 Å². The highest BCUT2D eigenvalue weighted by Crippen LogP contribution is 2.45. The molecule has 0 aromatic carbocycles. The van der Waals surface area contributed by atoms with Gasteiger partial charge in [0.25, 0.3) is 5.79 Å². The van der Waals surface area contributed by atoms with Crippen molar-refractivity contribution in [2.45, 2.75) is 64.6 Å². The first-order valence-electron chi connectivity index (χ1n) is 6.38. The van der Waals surface area contributed by atoms with Crippen LogP contribution >= 0.6 is 0 Å². The topological polar surface area (TPSA) is 38.7 Å². The van der Waals surface area contributed by atoms with Crippen molar-refractivity contribution in [3.05, 3.63) is 0 Å². The van der Waals surface area contributed by atoms with Gasteiger partial charge < -0.3 is 14.3 Å². The van der Waals surface area contributed by atoms with Crippen LogP contribution in [0.3, 0.4) is 0 Å². The van der Waals surface area contributed by atoms with Crippen molar-refractivity contribution in [1.82, 2.24) is 0 Å². The van der Waals surface area contributed by atoms with Crippen molar-refractivity contribution >= 4 is 8.32 Å². The molecule has 0 spiro atoms. The largest absolute Gasteiger partial charge is 0.407 e. The van der Waals surface area contributed by atoms with Crippen LogP contribution < -0.4 is 0 Å². The standard InChI is InChI=1S/C14H26O3Si/c1-9-14(15)11(13(5,6)10-16-14)17-18(7,8)12(2,3)4/h1,11,15H,10H2,2-8H3. The first-order chi connectivity index (χ1) is 7.86. The van der Waals surface area contributed by atoms with Gasteiger partial charge in [-0.05, 0) is 24.1 Å². The molecule has 104 valence electrons. The monoisotopic (exact) mass is 270 g/mol. The number of ether oxygens (including phenoxy) is 1. The van der Waals surface area contributed by atoms with Crippen LogP contribution in [0, 0.1) is 17.8 Å². The van der Waals surface area contributed by atoms with Gasteiger partial charge in [-0.1, -0.05) is 34.6 Å². The fraction of sp³-hybridized carbons (Fsp3) is 0.857. The van der Waals surface area contributed by atoms with Crippen LogP contribution in [-0.4, -0.2) is 31.9 Å². The predicted octanol–water partition coefficient (Wildman–Crippen LogP) is 2.76. The number of rotatable bonds is 2. The summed E-state index contributed by atoms with van der Waals surface area (Å²) in [5.41, 5.74) is -0.281. The molecule has 1 N–H and O–H groups in total. The van der Waals surface area contributed by atoms with Crippen LogP contribution in [-0.2, 0) is 9.16 Å². The van der Waals surface area contributed by atoms with E-state index < -0.39 is 20.2 Å². The van der Waals surface area contributed by atoms with E-state index in [1.807, 2.05) is 13.8 Å². The van der Waals surface area contributed by atoms with Gasteiger partial charge in [-0.3, -0.25) is 0 Å². The summed E-state index contributed by atoms with van der Waals surface area (Å²) >= 11 is 0. The number of terminal acetylenes is 1. The van der Waals surface area contributed by atoms with E-state index >= 15 is 0 Å². The molecule has 1 heterocycles. The van der Waals surface area contributed by atoms with Gasteiger partial charge in [0, 0.05) is 5.41 Å². The molecule has 1 fully saturated rings. The summed E-state index contributed by atoms with van der Waals surface area (Å²) in [5.74, 6) is 0.752. The molecule has 18 heavy (non-hydrogen) atoms. The van der Waals surface area contributed by atoms with Crippen LogP contribution in [0.1, 0.15) is 34.6 Å². The quantitative estimate of drug-likeness (QED) is 0.619. The van der Waals surface area contributed by atoms with Gasteiger partial charge in [-0.2, -0.15) is 0 Å². The minimum absolute atomic E-state index is 0.0706. The fourth-order valence-corrected chi connectivity index (χ4v) is 3.23. The van der Waals surface area contributed by atoms with E-state index in [1.165, 1.54) is 0 Å². The molecule has 4 heteroatoms. The van der Waals surface area contributed by atoms with E-state index in [0.717, 1.165) is 0 Å². The fourth-order valence-electron chi connectivity index (χ4n) is 1.81. The maximum Gasteiger partial charge on any atom is 0.257 e. The lowest BCUT2D eigenvalue weighted by Crippen LogP contribution is -2.53. The maximum absolute atomic E-state index is 10.4. The molecule has 3 nitrogen and oxygen atoms in total. The highest BCUT2D eigenvalue weighted by Gasteiger charge is 2.56. The van der Waals surface area contributed by atoms with Crippen molar-refractivity contribution in [3.63, 3.8) is 0 Å². The SMILES string of the molecule is C#CC1(O)OCC(C)(C)C1O[Si](C)(C)C(C)(C)C. The molecule has 0 aromatic rings. The third kappa shape index (κ3) is 2.65. The molecular formula is C14H26O3Si. The van der Waals surface area contributed by atoms with Crippen LogP contribution in [0.15, 0.2) is 0 Å². The maximum atomic E-state index is 10.4. The Morgan fingerprint density at radius 2 is 1.89 bits per heavy atom. The Kier molecular flexibility index (Phi) is 3.79. The lowest BCUT2D eigenvalue weighted by Gasteiger charge is -2.43. The molecule has 0 bridgehead atoms. The zero-order valence-electron chi connectivity index (χ0n) is 12.6. The Bertz CT molecular complexity index is 362. The van der Waals surface area contributed by atoms with Crippen LogP contribution in [0.25, 0.3) is 0 Å². The second-order valence-corrected chi connectivity index (χ2v) is 12.1. The first kappa shape index (κ1) is 15.7. The van der Waals surface area contributed by atoms with E-state index in [9.17, 15) is 5.11 Å². The van der Waals surface area contributed by atoms with Crippen molar-refractivity contribution in [3.8, 4) is 12.3 Å². The van der Waals surface area contributed by atoms with Crippen LogP contribution in [0.4, 0.5) is 0 Å². The highest BCUT2D eigenvalue weighted by atomic mass is 28.4. The average Bonchev–Trinajstić information content (AvgIpc) is 2.41. The minimum atomic E-state index is -2.00. The molecule has 0 radical (unpaired) electrons. The molecule has 0 saturated carbocycles. The zero-order valence-corrected chi connectivity index (χ0v) is 13.6. The summed E-state index contributed by atoms with van der Waals surface area (Å²) in [5, 5.41) is 10.4. The smallest absolute Gasteiger partial charge is 0.257 e. The molecule has 0 aliphatic carbocycles. The summed E-state index contributed by atoms with van der Waals surface area (Å²) < 4.78 is 11.7. The Morgan fingerprint density at radius 3 is 2.28 bits per heavy atom. The first-order valence-corrected chi connectivity index (χ1v) is 9.28. The third-order valence-corrected chi connectivity index (χ3v) is 8.59. The molecule has 1 aliphatic rings. The highest BCUT2D eigenvalue weighted by molar-refractivity contribution is 6.74. The average molecular weight is 270 g/mol. The summed E-state index contributed by atoms with van der Waals surface area (Å²) in [4.78, 5) is 0. The molecule has 0 amide bonds. The van der Waals surface area contributed by atoms with Crippen molar-refractivity contribution < 1.29 is 14.3 Å². The molecule has 1 saturated heterocycles. The van der Waals surface area contributed by atoms with Gasteiger partial charge in [0.05, 0.1) is 6.61 Å². The molecule has 2 atom stereocenters. The van der Waals surface area contributed by atoms with Crippen molar-refractivity contribution in [2.24, 2.45) is 5.41 Å². The Balaban J connectivity index is 3.04. The second kappa shape index (κ2) is 4.34. The van der Waals surface area contributed by atoms with Crippen LogP contribution in [0.2, 0.25) is 18.1 Å². The predicted molar refractivity (Wildman–Crippen MR) is 75.6 cm³/mol. The summed E-state index contributed by atoms with van der Waals surface area (Å²) in [7, 11) is -2.00. The van der Waals surface area contributed by atoms with E-state index in [4.69, 9.17) is 15.6 Å². The molecule has 2 unspecified atom stereocenters. The van der Waals surface area contributed by atoms with Crippen molar-refractivity contribution in [2.75, 3.05) is 6.61 Å². The lowest BCUT2D eigenvalue weighted by atomic mass is 9.86. The summed E-state index contributed by atoms with van der Waals surface area (Å²) in [6.07, 6.45) is 4.94. The molecule has 1 aliphatic heterocycles. The van der Waals surface area contributed by atoms with Gasteiger partial charge in [-0.15, -0.1) is 6.42 Å². The molecule has 1 rings (SSSR count). The second-order valence-electron chi connectivity index (χ2n) is 7.38. The van der Waals surface area contributed by atoms with Crippen molar-refractivity contribution in [1.29, 1.82) is 0 Å². The number of hydrogen-bond donors (Lipinski definition) is 1. The molecule has 0 aromatic heterocycles. The number of hydrogen-bond acceptors (Lipinski definition) is 3. The van der Waals surface area contributed by atoms with Gasteiger partial charge in [0.2, 0.25) is 0 Å². The van der Waals surface area contributed by atoms with E-state index in [-0.39, 0.29) is 10.5 Å². The Hall–Kier alpha value is -0.343. The number of aliphatic hydroxyl groups is 1. The van der Waals surface area contributed by atoms with Gasteiger partial charge in [0.15, 0.2) is 8.32 Å². The zero-order chi connectivity index (χ0) is 14.4. The van der Waals surface area contributed by atoms with Gasteiger partial charge >= 0.3 is 0 Å². The third-order valence-electron chi connectivity index (χ3n) is 4.15.